The van der Waals surface area contributed by atoms with Gasteiger partial charge in [0.25, 0.3) is 0 Å². The number of hydrogen-bond acceptors (Lipinski definition) is 6. The van der Waals surface area contributed by atoms with Crippen molar-refractivity contribution in [2.45, 2.75) is 42.2 Å². The Morgan fingerprint density at radius 2 is 1.80 bits per heavy atom. The summed E-state index contributed by atoms with van der Waals surface area (Å²) < 4.78 is 26.8. The molecule has 2 fully saturated rings. The Balaban J connectivity index is 1.24. The summed E-state index contributed by atoms with van der Waals surface area (Å²) in [7, 11) is -3.51. The molecule has 30 heavy (non-hydrogen) atoms. The molecule has 1 saturated heterocycles. The molecule has 1 N–H and O–H groups in total. The normalized spacial score (nSPS) is 18.7. The van der Waals surface area contributed by atoms with Crippen LogP contribution in [0.2, 0.25) is 0 Å². The average Bonchev–Trinajstić information content (AvgIpc) is 3.45. The van der Waals surface area contributed by atoms with Crippen molar-refractivity contribution in [1.29, 1.82) is 0 Å². The van der Waals surface area contributed by atoms with Crippen molar-refractivity contribution >= 4 is 27.7 Å². The number of sulfonamides is 1. The van der Waals surface area contributed by atoms with E-state index in [1.165, 1.54) is 41.8 Å². The van der Waals surface area contributed by atoms with Crippen molar-refractivity contribution < 1.29 is 13.2 Å². The highest BCUT2D eigenvalue weighted by Gasteiger charge is 2.30. The Bertz CT molecular complexity index is 950. The molecule has 0 spiro atoms. The number of nitrogens with one attached hydrogen (secondary N) is 1. The van der Waals surface area contributed by atoms with Crippen LogP contribution in [0.25, 0.3) is 0 Å². The van der Waals surface area contributed by atoms with Crippen LogP contribution in [0.5, 0.6) is 0 Å². The summed E-state index contributed by atoms with van der Waals surface area (Å²) >= 11 is 1.33. The van der Waals surface area contributed by atoms with E-state index in [0.717, 1.165) is 12.2 Å². The Hall–Kier alpha value is -1.91. The summed E-state index contributed by atoms with van der Waals surface area (Å²) in [6.45, 7) is 1.40. The highest BCUT2D eigenvalue weighted by Crippen LogP contribution is 2.27. The third kappa shape index (κ3) is 5.04. The van der Waals surface area contributed by atoms with E-state index >= 15 is 0 Å². The number of hydrogen-bond donors (Lipinski definition) is 1. The SMILES string of the molecule is O=C(CSc1n[nH]c(CC2CCCC2)n1)N1CCN(S(=O)(=O)c2ccccc2)CC1. The largest absolute Gasteiger partial charge is 0.339 e. The molecule has 2 heterocycles. The number of rotatable bonds is 7. The van der Waals surface area contributed by atoms with Gasteiger partial charge in [0, 0.05) is 32.6 Å². The molecule has 1 saturated carbocycles. The van der Waals surface area contributed by atoms with E-state index < -0.39 is 10.0 Å². The van der Waals surface area contributed by atoms with Gasteiger partial charge in [-0.1, -0.05) is 55.6 Å². The fourth-order valence-corrected chi connectivity index (χ4v) is 6.22. The molecule has 1 aliphatic carbocycles. The van der Waals surface area contributed by atoms with Gasteiger partial charge in [-0.25, -0.2) is 13.4 Å². The molecule has 1 aromatic heterocycles. The number of thioether (sulfide) groups is 1. The number of nitrogens with zero attached hydrogens (tertiary/aromatic N) is 4. The minimum atomic E-state index is -3.51. The van der Waals surface area contributed by atoms with Crippen LogP contribution in [0.1, 0.15) is 31.5 Å². The molecule has 1 aromatic carbocycles. The summed E-state index contributed by atoms with van der Waals surface area (Å²) in [5, 5.41) is 7.81. The maximum Gasteiger partial charge on any atom is 0.243 e. The fraction of sp³-hybridized carbons (Fsp3) is 0.550. The van der Waals surface area contributed by atoms with E-state index in [1.54, 1.807) is 35.2 Å². The second-order valence-electron chi connectivity index (χ2n) is 7.81. The number of benzene rings is 1. The van der Waals surface area contributed by atoms with Crippen molar-refractivity contribution in [2.75, 3.05) is 31.9 Å². The van der Waals surface area contributed by atoms with Crippen molar-refractivity contribution in [3.63, 3.8) is 0 Å². The summed E-state index contributed by atoms with van der Waals surface area (Å²) in [5.74, 6) is 1.84. The number of H-pyrrole nitrogens is 1. The van der Waals surface area contributed by atoms with E-state index in [4.69, 9.17) is 0 Å². The van der Waals surface area contributed by atoms with Crippen molar-refractivity contribution in [1.82, 2.24) is 24.4 Å². The lowest BCUT2D eigenvalue weighted by molar-refractivity contribution is -0.129. The molecule has 0 bridgehead atoms. The first-order valence-electron chi connectivity index (χ1n) is 10.4. The van der Waals surface area contributed by atoms with E-state index in [2.05, 4.69) is 15.2 Å². The Morgan fingerprint density at radius 3 is 2.50 bits per heavy atom. The highest BCUT2D eigenvalue weighted by atomic mass is 32.2. The van der Waals surface area contributed by atoms with E-state index in [0.29, 0.717) is 42.1 Å². The van der Waals surface area contributed by atoms with Crippen LogP contribution in [-0.4, -0.2) is 70.6 Å². The predicted molar refractivity (Wildman–Crippen MR) is 115 cm³/mol. The van der Waals surface area contributed by atoms with Gasteiger partial charge >= 0.3 is 0 Å². The van der Waals surface area contributed by atoms with Gasteiger partial charge in [-0.3, -0.25) is 9.89 Å². The molecular formula is C20H27N5O3S2. The number of aromatic nitrogens is 3. The average molecular weight is 450 g/mol. The van der Waals surface area contributed by atoms with Gasteiger partial charge in [0.15, 0.2) is 0 Å². The van der Waals surface area contributed by atoms with Crippen molar-refractivity contribution in [3.8, 4) is 0 Å². The molecule has 0 atom stereocenters. The minimum absolute atomic E-state index is 0.0149. The fourth-order valence-electron chi connectivity index (χ4n) is 4.06. The van der Waals surface area contributed by atoms with Gasteiger partial charge in [-0.05, 0) is 18.1 Å². The van der Waals surface area contributed by atoms with E-state index in [9.17, 15) is 13.2 Å². The van der Waals surface area contributed by atoms with Gasteiger partial charge in [0.05, 0.1) is 10.6 Å². The smallest absolute Gasteiger partial charge is 0.243 e. The molecule has 4 rings (SSSR count). The maximum atomic E-state index is 12.7. The monoisotopic (exact) mass is 449 g/mol. The molecular weight excluding hydrogens is 422 g/mol. The topological polar surface area (TPSA) is 99.3 Å². The lowest BCUT2D eigenvalue weighted by atomic mass is 10.0. The van der Waals surface area contributed by atoms with E-state index in [1.807, 2.05) is 0 Å². The summed E-state index contributed by atoms with van der Waals surface area (Å²) in [4.78, 5) is 19.1. The van der Waals surface area contributed by atoms with Crippen LogP contribution in [-0.2, 0) is 21.2 Å². The zero-order valence-corrected chi connectivity index (χ0v) is 18.5. The van der Waals surface area contributed by atoms with Crippen LogP contribution in [0.4, 0.5) is 0 Å². The number of piperazine rings is 1. The Morgan fingerprint density at radius 1 is 1.10 bits per heavy atom. The first kappa shape index (κ1) is 21.3. The number of aromatic amines is 1. The zero-order chi connectivity index (χ0) is 21.0. The van der Waals surface area contributed by atoms with Gasteiger partial charge in [0.2, 0.25) is 21.1 Å². The molecule has 162 valence electrons. The molecule has 2 aromatic rings. The summed E-state index contributed by atoms with van der Waals surface area (Å²) in [5.41, 5.74) is 0. The van der Waals surface area contributed by atoms with Crippen LogP contribution >= 0.6 is 11.8 Å². The van der Waals surface area contributed by atoms with Crippen LogP contribution in [0, 0.1) is 5.92 Å². The maximum absolute atomic E-state index is 12.7. The van der Waals surface area contributed by atoms with Crippen molar-refractivity contribution in [3.05, 3.63) is 36.2 Å². The number of amides is 1. The van der Waals surface area contributed by atoms with Gasteiger partial charge < -0.3 is 4.90 Å². The predicted octanol–water partition coefficient (Wildman–Crippen LogP) is 2.16. The van der Waals surface area contributed by atoms with E-state index in [-0.39, 0.29) is 11.7 Å². The lowest BCUT2D eigenvalue weighted by Gasteiger charge is -2.33. The van der Waals surface area contributed by atoms with Gasteiger partial charge in [-0.15, -0.1) is 5.10 Å². The number of carbonyl (C=O) groups is 1. The first-order chi connectivity index (χ1) is 14.5. The quantitative estimate of drug-likeness (QED) is 0.651. The molecule has 0 unspecified atom stereocenters. The highest BCUT2D eigenvalue weighted by molar-refractivity contribution is 7.99. The number of carbonyl (C=O) groups excluding carboxylic acids is 1. The Kier molecular flexibility index (Phi) is 6.74. The molecule has 0 radical (unpaired) electrons. The van der Waals surface area contributed by atoms with Crippen LogP contribution < -0.4 is 0 Å². The zero-order valence-electron chi connectivity index (χ0n) is 16.9. The molecule has 2 aliphatic rings. The standard InChI is InChI=1S/C20H27N5O3S2/c26-19(15-29-20-21-18(22-23-20)14-16-6-4-5-7-16)24-10-12-25(13-11-24)30(27,28)17-8-2-1-3-9-17/h1-3,8-9,16H,4-7,10-15H2,(H,21,22,23). The Labute approximate surface area is 181 Å². The second kappa shape index (κ2) is 9.49. The van der Waals surface area contributed by atoms with Crippen LogP contribution in [0.15, 0.2) is 40.4 Å². The van der Waals surface area contributed by atoms with Gasteiger partial charge in [-0.2, -0.15) is 4.31 Å². The third-order valence-corrected chi connectivity index (χ3v) is 8.51. The van der Waals surface area contributed by atoms with Gasteiger partial charge in [0.1, 0.15) is 5.82 Å². The first-order valence-corrected chi connectivity index (χ1v) is 12.8. The molecule has 8 nitrogen and oxygen atoms in total. The lowest BCUT2D eigenvalue weighted by Crippen LogP contribution is -2.50. The molecule has 1 amide bonds. The van der Waals surface area contributed by atoms with Crippen molar-refractivity contribution in [2.24, 2.45) is 5.92 Å². The second-order valence-corrected chi connectivity index (χ2v) is 10.7. The third-order valence-electron chi connectivity index (χ3n) is 5.77. The molecule has 1 aliphatic heterocycles. The minimum Gasteiger partial charge on any atom is -0.339 e. The van der Waals surface area contributed by atoms with Crippen LogP contribution in [0.3, 0.4) is 0 Å². The summed E-state index contributed by atoms with van der Waals surface area (Å²) in [6, 6.07) is 8.42. The molecule has 10 heteroatoms. The summed E-state index contributed by atoms with van der Waals surface area (Å²) in [6.07, 6.45) is 6.05.